The van der Waals surface area contributed by atoms with Crippen molar-refractivity contribution in [1.82, 2.24) is 4.98 Å². The fraction of sp³-hybridized carbons (Fsp3) is 0.240. The average Bonchev–Trinajstić information content (AvgIpc) is 3.07. The number of hydrogen-bond donors (Lipinski definition) is 1. The minimum absolute atomic E-state index is 0.183. The summed E-state index contributed by atoms with van der Waals surface area (Å²) in [5.41, 5.74) is 2.99. The van der Waals surface area contributed by atoms with Gasteiger partial charge in [0.05, 0.1) is 17.7 Å². The number of H-pyrrole nitrogens is 1. The summed E-state index contributed by atoms with van der Waals surface area (Å²) in [5.74, 6) is -2.23. The van der Waals surface area contributed by atoms with Gasteiger partial charge in [-0.2, -0.15) is 0 Å². The molecule has 3 rings (SSSR count). The first-order valence-electron chi connectivity index (χ1n) is 10.1. The Morgan fingerprint density at radius 3 is 1.84 bits per heavy atom. The van der Waals surface area contributed by atoms with Crippen molar-refractivity contribution in [3.63, 3.8) is 0 Å². The summed E-state index contributed by atoms with van der Waals surface area (Å²) < 4.78 is 10.5. The first-order valence-corrected chi connectivity index (χ1v) is 10.1. The average molecular weight is 419 g/mol. The van der Waals surface area contributed by atoms with Crippen molar-refractivity contribution in [2.75, 3.05) is 13.2 Å². The van der Waals surface area contributed by atoms with E-state index >= 15 is 0 Å². The zero-order chi connectivity index (χ0) is 22.4. The molecule has 0 fully saturated rings. The number of aromatic nitrogens is 1. The van der Waals surface area contributed by atoms with Crippen molar-refractivity contribution >= 4 is 17.7 Å². The molecule has 0 unspecified atom stereocenters. The largest absolute Gasteiger partial charge is 0.462 e. The van der Waals surface area contributed by atoms with E-state index in [1.165, 1.54) is 0 Å². The van der Waals surface area contributed by atoms with Crippen molar-refractivity contribution in [3.05, 3.63) is 94.3 Å². The maximum Gasteiger partial charge on any atom is 0.340 e. The zero-order valence-electron chi connectivity index (χ0n) is 17.8. The van der Waals surface area contributed by atoms with Gasteiger partial charge in [0, 0.05) is 11.4 Å². The van der Waals surface area contributed by atoms with Crippen LogP contribution < -0.4 is 0 Å². The second-order valence-corrected chi connectivity index (χ2v) is 7.13. The van der Waals surface area contributed by atoms with Gasteiger partial charge in [-0.1, -0.05) is 60.7 Å². The molecule has 31 heavy (non-hydrogen) atoms. The van der Waals surface area contributed by atoms with Crippen LogP contribution in [0, 0.1) is 13.8 Å². The smallest absolute Gasteiger partial charge is 0.340 e. The second kappa shape index (κ2) is 9.89. The number of benzene rings is 2. The van der Waals surface area contributed by atoms with Crippen LogP contribution >= 0.6 is 0 Å². The van der Waals surface area contributed by atoms with E-state index < -0.39 is 30.2 Å². The summed E-state index contributed by atoms with van der Waals surface area (Å²) in [7, 11) is 0. The molecule has 1 heterocycles. The van der Waals surface area contributed by atoms with Gasteiger partial charge in [0.25, 0.3) is 0 Å². The maximum absolute atomic E-state index is 13.0. The Balaban J connectivity index is 1.82. The normalized spacial score (nSPS) is 10.7. The number of ether oxygens (including phenoxy) is 2. The molecule has 3 aromatic rings. The number of esters is 2. The Labute approximate surface area is 181 Å². The van der Waals surface area contributed by atoms with Gasteiger partial charge >= 0.3 is 11.9 Å². The van der Waals surface area contributed by atoms with Crippen LogP contribution in [0.4, 0.5) is 0 Å². The highest BCUT2D eigenvalue weighted by atomic mass is 16.5. The van der Waals surface area contributed by atoms with Gasteiger partial charge in [0.15, 0.2) is 6.61 Å². The molecule has 6 heteroatoms. The molecule has 1 aromatic heterocycles. The molecule has 0 aliphatic carbocycles. The quantitative estimate of drug-likeness (QED) is 0.433. The number of carbonyl (C=O) groups is 3. The molecule has 0 saturated heterocycles. The van der Waals surface area contributed by atoms with Crippen molar-refractivity contribution in [2.24, 2.45) is 0 Å². The second-order valence-electron chi connectivity index (χ2n) is 7.13. The third-order valence-corrected chi connectivity index (χ3v) is 4.98. The Kier molecular flexibility index (Phi) is 7.03. The van der Waals surface area contributed by atoms with Crippen LogP contribution in [-0.2, 0) is 14.3 Å². The van der Waals surface area contributed by atoms with E-state index in [2.05, 4.69) is 4.98 Å². The van der Waals surface area contributed by atoms with Gasteiger partial charge in [0.2, 0.25) is 5.78 Å². The van der Waals surface area contributed by atoms with E-state index in [9.17, 15) is 14.4 Å². The molecule has 6 nitrogen and oxygen atoms in total. The van der Waals surface area contributed by atoms with Crippen molar-refractivity contribution in [1.29, 1.82) is 0 Å². The summed E-state index contributed by atoms with van der Waals surface area (Å²) in [6.45, 7) is 4.81. The van der Waals surface area contributed by atoms with E-state index in [0.717, 1.165) is 11.1 Å². The Morgan fingerprint density at radius 1 is 0.806 bits per heavy atom. The SMILES string of the molecule is CCOC(=O)c1c(C)[nH]c(C)c1C(=O)COC(=O)C(c1ccccc1)c1ccccc1. The summed E-state index contributed by atoms with van der Waals surface area (Å²) in [6, 6.07) is 18.5. The molecule has 0 aliphatic rings. The molecular weight excluding hydrogens is 394 g/mol. The van der Waals surface area contributed by atoms with Gasteiger partial charge < -0.3 is 14.5 Å². The zero-order valence-corrected chi connectivity index (χ0v) is 17.8. The monoisotopic (exact) mass is 419 g/mol. The number of aromatic amines is 1. The highest BCUT2D eigenvalue weighted by Crippen LogP contribution is 2.26. The molecule has 160 valence electrons. The van der Waals surface area contributed by atoms with Crippen LogP contribution in [0.3, 0.4) is 0 Å². The number of aryl methyl sites for hydroxylation is 2. The van der Waals surface area contributed by atoms with Crippen LogP contribution in [0.1, 0.15) is 56.1 Å². The lowest BCUT2D eigenvalue weighted by atomic mass is 9.91. The lowest BCUT2D eigenvalue weighted by Crippen LogP contribution is -2.22. The Morgan fingerprint density at radius 2 is 1.32 bits per heavy atom. The van der Waals surface area contributed by atoms with E-state index in [4.69, 9.17) is 9.47 Å². The van der Waals surface area contributed by atoms with Gasteiger partial charge in [0.1, 0.15) is 5.92 Å². The predicted molar refractivity (Wildman–Crippen MR) is 116 cm³/mol. The summed E-state index contributed by atoms with van der Waals surface area (Å²) >= 11 is 0. The standard InChI is InChI=1S/C25H25NO5/c1-4-30-24(28)22-17(3)26-16(2)21(22)20(27)15-31-25(29)23(18-11-7-5-8-12-18)19-13-9-6-10-14-19/h5-14,23,26H,4,15H2,1-3H3. The summed E-state index contributed by atoms with van der Waals surface area (Å²) in [6.07, 6.45) is 0. The fourth-order valence-electron chi connectivity index (χ4n) is 3.64. The Bertz CT molecular complexity index is 1030. The highest BCUT2D eigenvalue weighted by Gasteiger charge is 2.28. The third-order valence-electron chi connectivity index (χ3n) is 4.98. The topological polar surface area (TPSA) is 85.5 Å². The molecule has 0 radical (unpaired) electrons. The molecule has 0 saturated carbocycles. The number of rotatable bonds is 8. The number of Topliss-reactive ketones (excluding diaryl/α,β-unsaturated/α-hetero) is 1. The summed E-state index contributed by atoms with van der Waals surface area (Å²) in [5, 5.41) is 0. The molecule has 0 atom stereocenters. The van der Waals surface area contributed by atoms with E-state index in [1.54, 1.807) is 20.8 Å². The number of carbonyl (C=O) groups excluding carboxylic acids is 3. The maximum atomic E-state index is 13.0. The van der Waals surface area contributed by atoms with Gasteiger partial charge in [-0.3, -0.25) is 9.59 Å². The van der Waals surface area contributed by atoms with Gasteiger partial charge in [-0.05, 0) is 31.9 Å². The molecule has 0 aliphatic heterocycles. The van der Waals surface area contributed by atoms with E-state index in [0.29, 0.717) is 11.4 Å². The van der Waals surface area contributed by atoms with Crippen LogP contribution in [0.5, 0.6) is 0 Å². The Hall–Kier alpha value is -3.67. The predicted octanol–water partition coefficient (Wildman–Crippen LogP) is 4.37. The lowest BCUT2D eigenvalue weighted by Gasteiger charge is -2.17. The van der Waals surface area contributed by atoms with Crippen molar-refractivity contribution < 1.29 is 23.9 Å². The molecule has 1 N–H and O–H groups in total. The number of nitrogens with one attached hydrogen (secondary N) is 1. The number of ketones is 1. The van der Waals surface area contributed by atoms with E-state index in [-0.39, 0.29) is 17.7 Å². The van der Waals surface area contributed by atoms with Gasteiger partial charge in [-0.25, -0.2) is 4.79 Å². The molecule has 0 bridgehead atoms. The minimum Gasteiger partial charge on any atom is -0.462 e. The number of hydrogen-bond acceptors (Lipinski definition) is 5. The van der Waals surface area contributed by atoms with Crippen LogP contribution in [0.15, 0.2) is 60.7 Å². The first-order chi connectivity index (χ1) is 14.9. The van der Waals surface area contributed by atoms with E-state index in [1.807, 2.05) is 60.7 Å². The van der Waals surface area contributed by atoms with Crippen molar-refractivity contribution in [2.45, 2.75) is 26.7 Å². The van der Waals surface area contributed by atoms with Crippen LogP contribution in [0.25, 0.3) is 0 Å². The highest BCUT2D eigenvalue weighted by molar-refractivity contribution is 6.09. The third kappa shape index (κ3) is 4.91. The lowest BCUT2D eigenvalue weighted by molar-refractivity contribution is -0.143. The molecule has 0 amide bonds. The summed E-state index contributed by atoms with van der Waals surface area (Å²) in [4.78, 5) is 41.2. The molecule has 2 aromatic carbocycles. The van der Waals surface area contributed by atoms with Crippen LogP contribution in [0.2, 0.25) is 0 Å². The van der Waals surface area contributed by atoms with Gasteiger partial charge in [-0.15, -0.1) is 0 Å². The fourth-order valence-corrected chi connectivity index (χ4v) is 3.64. The van der Waals surface area contributed by atoms with Crippen LogP contribution in [-0.4, -0.2) is 35.9 Å². The van der Waals surface area contributed by atoms with Crippen molar-refractivity contribution in [3.8, 4) is 0 Å². The molecule has 0 spiro atoms. The minimum atomic E-state index is -0.659. The first kappa shape index (κ1) is 22.0. The molecular formula is C25H25NO5.